The highest BCUT2D eigenvalue weighted by molar-refractivity contribution is 6.00. The molecule has 8 heteroatoms. The highest BCUT2D eigenvalue weighted by atomic mass is 16.6. The molecule has 0 saturated heterocycles. The van der Waals surface area contributed by atoms with Crippen molar-refractivity contribution in [1.29, 1.82) is 0 Å². The zero-order valence-corrected chi connectivity index (χ0v) is 16.6. The lowest BCUT2D eigenvalue weighted by Gasteiger charge is -2.19. The largest absolute Gasteiger partial charge is 0.377 e. The fourth-order valence-corrected chi connectivity index (χ4v) is 3.01. The average Bonchev–Trinajstić information content (AvgIpc) is 3.53. The van der Waals surface area contributed by atoms with E-state index in [-0.39, 0.29) is 29.1 Å². The van der Waals surface area contributed by atoms with E-state index >= 15 is 0 Å². The van der Waals surface area contributed by atoms with Crippen LogP contribution in [0.4, 0.5) is 17.1 Å². The first-order valence-electron chi connectivity index (χ1n) is 9.43. The third-order valence-corrected chi connectivity index (χ3v) is 4.89. The summed E-state index contributed by atoms with van der Waals surface area (Å²) in [5.74, 6) is -0.217. The molecule has 152 valence electrons. The van der Waals surface area contributed by atoms with Gasteiger partial charge in [-0.3, -0.25) is 19.7 Å². The van der Waals surface area contributed by atoms with Crippen LogP contribution in [-0.2, 0) is 4.79 Å². The van der Waals surface area contributed by atoms with Gasteiger partial charge in [0.15, 0.2) is 0 Å². The van der Waals surface area contributed by atoms with Crippen LogP contribution in [0.1, 0.15) is 41.7 Å². The smallest absolute Gasteiger partial charge is 0.270 e. The van der Waals surface area contributed by atoms with Gasteiger partial charge in [0.1, 0.15) is 0 Å². The highest BCUT2D eigenvalue weighted by Crippen LogP contribution is 2.30. The minimum absolute atomic E-state index is 0.0426. The molecular formula is C21H24N4O4. The summed E-state index contributed by atoms with van der Waals surface area (Å²) in [4.78, 5) is 36.9. The van der Waals surface area contributed by atoms with Gasteiger partial charge in [0.05, 0.1) is 16.5 Å². The molecule has 3 rings (SSSR count). The van der Waals surface area contributed by atoms with Crippen LogP contribution in [0.15, 0.2) is 42.5 Å². The lowest BCUT2D eigenvalue weighted by atomic mass is 10.1. The highest BCUT2D eigenvalue weighted by Gasteiger charge is 2.29. The second-order valence-corrected chi connectivity index (χ2v) is 7.43. The second kappa shape index (κ2) is 8.30. The Morgan fingerprint density at radius 1 is 1.14 bits per heavy atom. The van der Waals surface area contributed by atoms with Gasteiger partial charge < -0.3 is 15.5 Å². The van der Waals surface area contributed by atoms with Crippen molar-refractivity contribution in [2.45, 2.75) is 25.8 Å². The van der Waals surface area contributed by atoms with E-state index in [1.54, 1.807) is 37.2 Å². The van der Waals surface area contributed by atoms with Gasteiger partial charge in [0.2, 0.25) is 5.91 Å². The number of amides is 2. The van der Waals surface area contributed by atoms with E-state index in [1.807, 2.05) is 19.1 Å². The van der Waals surface area contributed by atoms with E-state index in [1.165, 1.54) is 12.1 Å². The minimum Gasteiger partial charge on any atom is -0.377 e. The molecule has 2 aromatic carbocycles. The van der Waals surface area contributed by atoms with Crippen molar-refractivity contribution < 1.29 is 14.5 Å². The number of benzene rings is 2. The second-order valence-electron chi connectivity index (χ2n) is 7.43. The van der Waals surface area contributed by atoms with Crippen LogP contribution in [0, 0.1) is 16.0 Å². The van der Waals surface area contributed by atoms with Crippen LogP contribution in [0.3, 0.4) is 0 Å². The predicted octanol–water partition coefficient (Wildman–Crippen LogP) is 3.50. The molecule has 1 atom stereocenters. The van der Waals surface area contributed by atoms with Crippen LogP contribution < -0.4 is 15.5 Å². The Hall–Kier alpha value is -3.42. The number of nitrogens with one attached hydrogen (secondary N) is 2. The van der Waals surface area contributed by atoms with Crippen LogP contribution in [-0.4, -0.2) is 30.8 Å². The number of hydrogen-bond donors (Lipinski definition) is 2. The summed E-state index contributed by atoms with van der Waals surface area (Å²) in [6, 6.07) is 11.2. The maximum Gasteiger partial charge on any atom is 0.270 e. The Kier molecular flexibility index (Phi) is 5.81. The molecule has 1 aliphatic rings. The molecule has 1 fully saturated rings. The van der Waals surface area contributed by atoms with Gasteiger partial charge in [0, 0.05) is 43.5 Å². The zero-order chi connectivity index (χ0) is 21.1. The molecule has 2 N–H and O–H groups in total. The molecule has 2 aromatic rings. The lowest BCUT2D eigenvalue weighted by molar-refractivity contribution is -0.384. The number of anilines is 2. The number of carbonyl (C=O) groups excluding carboxylic acids is 2. The number of nitro benzene ring substituents is 1. The van der Waals surface area contributed by atoms with Crippen molar-refractivity contribution >= 4 is 28.9 Å². The van der Waals surface area contributed by atoms with Gasteiger partial charge in [-0.15, -0.1) is 0 Å². The molecule has 0 bridgehead atoms. The fraction of sp³-hybridized carbons (Fsp3) is 0.333. The van der Waals surface area contributed by atoms with Crippen molar-refractivity contribution in [1.82, 2.24) is 5.32 Å². The van der Waals surface area contributed by atoms with Crippen molar-refractivity contribution in [3.05, 3.63) is 63.7 Å². The summed E-state index contributed by atoms with van der Waals surface area (Å²) in [6.45, 7) is 1.84. The molecule has 0 radical (unpaired) electrons. The van der Waals surface area contributed by atoms with E-state index in [9.17, 15) is 19.7 Å². The Labute approximate surface area is 169 Å². The molecule has 0 unspecified atom stereocenters. The first-order chi connectivity index (χ1) is 13.8. The number of nitro groups is 1. The van der Waals surface area contributed by atoms with Crippen molar-refractivity contribution in [2.24, 2.45) is 5.92 Å². The van der Waals surface area contributed by atoms with Crippen LogP contribution >= 0.6 is 0 Å². The first kappa shape index (κ1) is 20.3. The van der Waals surface area contributed by atoms with Crippen molar-refractivity contribution in [2.75, 3.05) is 24.3 Å². The number of non-ortho nitro benzene ring substituents is 1. The van der Waals surface area contributed by atoms with Crippen LogP contribution in [0.25, 0.3) is 0 Å². The number of hydrogen-bond acceptors (Lipinski definition) is 5. The summed E-state index contributed by atoms with van der Waals surface area (Å²) in [6.07, 6.45) is 1.89. The van der Waals surface area contributed by atoms with E-state index < -0.39 is 10.8 Å². The molecule has 2 amide bonds. The summed E-state index contributed by atoms with van der Waals surface area (Å²) < 4.78 is 0. The fourth-order valence-electron chi connectivity index (χ4n) is 3.01. The molecule has 0 aromatic heterocycles. The Balaban J connectivity index is 1.72. The quantitative estimate of drug-likeness (QED) is 0.551. The standard InChI is InChI=1S/C21H24N4O4/c1-13(14-6-8-16(9-7-14)23-20(26)15-4-5-15)22-21(27)18-12-17(25(28)29)10-11-19(18)24(2)3/h6-13,15H,4-5H2,1-3H3,(H,22,27)(H,23,26)/t13-/m1/s1. The molecule has 0 spiro atoms. The van der Waals surface area contributed by atoms with Crippen molar-refractivity contribution in [3.63, 3.8) is 0 Å². The van der Waals surface area contributed by atoms with Crippen molar-refractivity contribution in [3.8, 4) is 0 Å². The van der Waals surface area contributed by atoms with Gasteiger partial charge in [0.25, 0.3) is 11.6 Å². The molecular weight excluding hydrogens is 372 g/mol. The first-order valence-corrected chi connectivity index (χ1v) is 9.43. The normalized spacial score (nSPS) is 14.0. The number of rotatable bonds is 7. The van der Waals surface area contributed by atoms with Crippen LogP contribution in [0.5, 0.6) is 0 Å². The van der Waals surface area contributed by atoms with E-state index in [0.717, 1.165) is 24.1 Å². The summed E-state index contributed by atoms with van der Waals surface area (Å²) in [5.41, 5.74) is 2.28. The molecule has 0 heterocycles. The molecule has 1 aliphatic carbocycles. The third-order valence-electron chi connectivity index (χ3n) is 4.89. The van der Waals surface area contributed by atoms with Gasteiger partial charge in [-0.2, -0.15) is 0 Å². The number of nitrogens with zero attached hydrogens (tertiary/aromatic N) is 2. The summed E-state index contributed by atoms with van der Waals surface area (Å²) in [5, 5.41) is 16.8. The molecule has 8 nitrogen and oxygen atoms in total. The van der Waals surface area contributed by atoms with E-state index in [4.69, 9.17) is 0 Å². The van der Waals surface area contributed by atoms with E-state index in [0.29, 0.717) is 5.69 Å². The average molecular weight is 396 g/mol. The number of carbonyl (C=O) groups is 2. The summed E-state index contributed by atoms with van der Waals surface area (Å²) >= 11 is 0. The van der Waals surface area contributed by atoms with Gasteiger partial charge in [-0.25, -0.2) is 0 Å². The SMILES string of the molecule is C[C@@H](NC(=O)c1cc([N+](=O)[O-])ccc1N(C)C)c1ccc(NC(=O)C2CC2)cc1. The Bertz CT molecular complexity index is 936. The Morgan fingerprint density at radius 3 is 2.34 bits per heavy atom. The van der Waals surface area contributed by atoms with Crippen LogP contribution in [0.2, 0.25) is 0 Å². The summed E-state index contributed by atoms with van der Waals surface area (Å²) in [7, 11) is 3.55. The predicted molar refractivity (Wildman–Crippen MR) is 111 cm³/mol. The third kappa shape index (κ3) is 4.90. The minimum atomic E-state index is -0.520. The topological polar surface area (TPSA) is 105 Å². The molecule has 1 saturated carbocycles. The van der Waals surface area contributed by atoms with E-state index in [2.05, 4.69) is 10.6 Å². The maximum atomic E-state index is 12.8. The lowest BCUT2D eigenvalue weighted by Crippen LogP contribution is -2.28. The Morgan fingerprint density at radius 2 is 1.79 bits per heavy atom. The molecule has 0 aliphatic heterocycles. The zero-order valence-electron chi connectivity index (χ0n) is 16.6. The maximum absolute atomic E-state index is 12.8. The van der Waals surface area contributed by atoms with Gasteiger partial charge in [-0.05, 0) is 43.5 Å². The monoisotopic (exact) mass is 396 g/mol. The van der Waals surface area contributed by atoms with Gasteiger partial charge in [-0.1, -0.05) is 12.1 Å². The molecule has 29 heavy (non-hydrogen) atoms. The van der Waals surface area contributed by atoms with Gasteiger partial charge >= 0.3 is 0 Å².